The second kappa shape index (κ2) is 5.88. The van der Waals surface area contributed by atoms with Gasteiger partial charge in [0.15, 0.2) is 11.4 Å². The van der Waals surface area contributed by atoms with Crippen molar-refractivity contribution in [3.8, 4) is 11.3 Å². The Balaban J connectivity index is 1.48. The molecule has 0 saturated carbocycles. The van der Waals surface area contributed by atoms with Crippen molar-refractivity contribution in [3.63, 3.8) is 0 Å². The summed E-state index contributed by atoms with van der Waals surface area (Å²) in [4.78, 5) is 27.5. The molecule has 6 nitrogen and oxygen atoms in total. The Kier molecular flexibility index (Phi) is 3.65. The second-order valence-electron chi connectivity index (χ2n) is 9.13. The van der Waals surface area contributed by atoms with Gasteiger partial charge in [0, 0.05) is 36.0 Å². The van der Waals surface area contributed by atoms with Crippen LogP contribution in [0.2, 0.25) is 0 Å². The van der Waals surface area contributed by atoms with E-state index >= 15 is 0 Å². The SMILES string of the molecule is CC(C)(C)C(=O)c1c[nH]c2ncc(-c3cccc(N4CC5(COC5)C4)c3)nc12. The van der Waals surface area contributed by atoms with E-state index in [1.54, 1.807) is 12.4 Å². The maximum Gasteiger partial charge on any atom is 0.171 e. The summed E-state index contributed by atoms with van der Waals surface area (Å²) < 4.78 is 5.37. The minimum atomic E-state index is -0.467. The highest BCUT2D eigenvalue weighted by atomic mass is 16.5. The van der Waals surface area contributed by atoms with Gasteiger partial charge in [0.05, 0.1) is 36.1 Å². The number of H-pyrrole nitrogens is 1. The van der Waals surface area contributed by atoms with Gasteiger partial charge in [-0.05, 0) is 12.1 Å². The standard InChI is InChI=1S/C22H24N4O2/c1-21(2,3)19(27)16-8-23-20-18(16)25-17(9-24-20)14-5-4-6-15(7-14)26-10-22(11-26)12-28-13-22/h4-9H,10-13H2,1-3H3,(H,23,24). The lowest BCUT2D eigenvalue weighted by Crippen LogP contribution is -2.66. The summed E-state index contributed by atoms with van der Waals surface area (Å²) in [7, 11) is 0. The molecule has 0 radical (unpaired) electrons. The fraction of sp³-hybridized carbons (Fsp3) is 0.409. The largest absolute Gasteiger partial charge is 0.380 e. The van der Waals surface area contributed by atoms with Gasteiger partial charge >= 0.3 is 0 Å². The zero-order chi connectivity index (χ0) is 19.5. The lowest BCUT2D eigenvalue weighted by Gasteiger charge is -2.56. The summed E-state index contributed by atoms with van der Waals surface area (Å²) in [6.07, 6.45) is 3.49. The number of rotatable bonds is 3. The van der Waals surface area contributed by atoms with Crippen molar-refractivity contribution in [1.29, 1.82) is 0 Å². The Labute approximate surface area is 163 Å². The third kappa shape index (κ3) is 2.71. The number of hydrogen-bond donors (Lipinski definition) is 1. The first-order chi connectivity index (χ1) is 13.3. The van der Waals surface area contributed by atoms with E-state index in [9.17, 15) is 4.79 Å². The number of Topliss-reactive ketones (excluding diaryl/α,β-unsaturated/α-hetero) is 1. The highest BCUT2D eigenvalue weighted by Gasteiger charge is 2.49. The van der Waals surface area contributed by atoms with E-state index in [2.05, 4.69) is 33.1 Å². The molecule has 3 aromatic rings. The fourth-order valence-corrected chi connectivity index (χ4v) is 3.99. The number of ketones is 1. The predicted octanol–water partition coefficient (Wildman–Crippen LogP) is 3.69. The quantitative estimate of drug-likeness (QED) is 0.706. The molecule has 0 aliphatic carbocycles. The molecule has 1 aromatic carbocycles. The Hall–Kier alpha value is -2.73. The molecule has 6 heteroatoms. The molecule has 144 valence electrons. The van der Waals surface area contributed by atoms with Crippen LogP contribution in [0.1, 0.15) is 31.1 Å². The van der Waals surface area contributed by atoms with Gasteiger partial charge in [0.2, 0.25) is 0 Å². The Bertz CT molecular complexity index is 1070. The van der Waals surface area contributed by atoms with E-state index in [0.29, 0.717) is 22.1 Å². The molecular formula is C22H24N4O2. The first-order valence-corrected chi connectivity index (χ1v) is 9.67. The van der Waals surface area contributed by atoms with Gasteiger partial charge in [-0.3, -0.25) is 4.79 Å². The van der Waals surface area contributed by atoms with Crippen molar-refractivity contribution in [2.45, 2.75) is 20.8 Å². The van der Waals surface area contributed by atoms with Crippen LogP contribution in [0.15, 0.2) is 36.7 Å². The van der Waals surface area contributed by atoms with E-state index in [0.717, 1.165) is 37.6 Å². The average molecular weight is 376 g/mol. The normalized spacial score (nSPS) is 18.2. The van der Waals surface area contributed by atoms with E-state index in [1.165, 1.54) is 5.69 Å². The highest BCUT2D eigenvalue weighted by molar-refractivity contribution is 6.08. The summed E-state index contributed by atoms with van der Waals surface area (Å²) in [5.74, 6) is 0.0625. The molecular weight excluding hydrogens is 352 g/mol. The monoisotopic (exact) mass is 376 g/mol. The number of ether oxygens (including phenoxy) is 1. The van der Waals surface area contributed by atoms with E-state index < -0.39 is 5.41 Å². The Morgan fingerprint density at radius 2 is 2.04 bits per heavy atom. The van der Waals surface area contributed by atoms with Crippen LogP contribution in [-0.4, -0.2) is 47.0 Å². The fourth-order valence-electron chi connectivity index (χ4n) is 3.99. The molecule has 2 aliphatic heterocycles. The van der Waals surface area contributed by atoms with Gasteiger partial charge in [-0.25, -0.2) is 9.97 Å². The molecule has 0 unspecified atom stereocenters. The van der Waals surface area contributed by atoms with E-state index in [1.807, 2.05) is 26.8 Å². The molecule has 28 heavy (non-hydrogen) atoms. The summed E-state index contributed by atoms with van der Waals surface area (Å²) >= 11 is 0. The molecule has 2 saturated heterocycles. The van der Waals surface area contributed by atoms with Crippen LogP contribution >= 0.6 is 0 Å². The van der Waals surface area contributed by atoms with Crippen molar-refractivity contribution in [3.05, 3.63) is 42.2 Å². The smallest absolute Gasteiger partial charge is 0.171 e. The zero-order valence-electron chi connectivity index (χ0n) is 16.5. The number of nitrogens with one attached hydrogen (secondary N) is 1. The molecule has 2 aromatic heterocycles. The minimum absolute atomic E-state index is 0.0625. The second-order valence-corrected chi connectivity index (χ2v) is 9.13. The minimum Gasteiger partial charge on any atom is -0.380 e. The molecule has 1 N–H and O–H groups in total. The number of carbonyl (C=O) groups is 1. The summed E-state index contributed by atoms with van der Waals surface area (Å²) in [6.45, 7) is 9.60. The Morgan fingerprint density at radius 1 is 1.25 bits per heavy atom. The van der Waals surface area contributed by atoms with Crippen LogP contribution in [0.25, 0.3) is 22.4 Å². The molecule has 0 atom stereocenters. The van der Waals surface area contributed by atoms with Crippen LogP contribution in [0, 0.1) is 10.8 Å². The number of aromatic nitrogens is 3. The van der Waals surface area contributed by atoms with Crippen molar-refractivity contribution in [2.24, 2.45) is 10.8 Å². The third-order valence-electron chi connectivity index (χ3n) is 5.68. The number of carbonyl (C=O) groups excluding carboxylic acids is 1. The maximum absolute atomic E-state index is 12.8. The maximum atomic E-state index is 12.8. The van der Waals surface area contributed by atoms with Crippen molar-refractivity contribution >= 4 is 22.6 Å². The van der Waals surface area contributed by atoms with Crippen molar-refractivity contribution in [2.75, 3.05) is 31.2 Å². The van der Waals surface area contributed by atoms with Gasteiger partial charge in [0.25, 0.3) is 0 Å². The average Bonchev–Trinajstić information content (AvgIpc) is 3.01. The lowest BCUT2D eigenvalue weighted by molar-refractivity contribution is -0.127. The van der Waals surface area contributed by atoms with Gasteiger partial charge < -0.3 is 14.6 Å². The number of fused-ring (bicyclic) bond motifs is 1. The van der Waals surface area contributed by atoms with Crippen LogP contribution in [0.3, 0.4) is 0 Å². The molecule has 2 aliphatic rings. The van der Waals surface area contributed by atoms with Crippen molar-refractivity contribution in [1.82, 2.24) is 15.0 Å². The first-order valence-electron chi connectivity index (χ1n) is 9.67. The number of anilines is 1. The van der Waals surface area contributed by atoms with Gasteiger partial charge in [-0.15, -0.1) is 0 Å². The van der Waals surface area contributed by atoms with Gasteiger partial charge in [-0.1, -0.05) is 32.9 Å². The summed E-state index contributed by atoms with van der Waals surface area (Å²) in [6, 6.07) is 8.38. The molecule has 4 heterocycles. The van der Waals surface area contributed by atoms with Crippen molar-refractivity contribution < 1.29 is 9.53 Å². The van der Waals surface area contributed by atoms with Gasteiger partial charge in [-0.2, -0.15) is 0 Å². The molecule has 0 bridgehead atoms. The number of hydrogen-bond acceptors (Lipinski definition) is 5. The summed E-state index contributed by atoms with van der Waals surface area (Å²) in [5.41, 5.74) is 4.76. The topological polar surface area (TPSA) is 71.1 Å². The zero-order valence-corrected chi connectivity index (χ0v) is 16.5. The first kappa shape index (κ1) is 17.4. The number of benzene rings is 1. The molecule has 0 amide bonds. The molecule has 5 rings (SSSR count). The number of nitrogens with zero attached hydrogens (tertiary/aromatic N) is 3. The lowest BCUT2D eigenvalue weighted by atomic mass is 9.77. The number of aromatic amines is 1. The van der Waals surface area contributed by atoms with Crippen LogP contribution in [0.4, 0.5) is 5.69 Å². The van der Waals surface area contributed by atoms with Crippen LogP contribution < -0.4 is 4.90 Å². The van der Waals surface area contributed by atoms with Crippen LogP contribution in [-0.2, 0) is 4.74 Å². The molecule has 2 fully saturated rings. The highest BCUT2D eigenvalue weighted by Crippen LogP contribution is 2.40. The van der Waals surface area contributed by atoms with Crippen LogP contribution in [0.5, 0.6) is 0 Å². The molecule has 1 spiro atoms. The Morgan fingerprint density at radius 3 is 2.71 bits per heavy atom. The van der Waals surface area contributed by atoms with Gasteiger partial charge in [0.1, 0.15) is 5.52 Å². The third-order valence-corrected chi connectivity index (χ3v) is 5.68. The van der Waals surface area contributed by atoms with E-state index in [-0.39, 0.29) is 5.78 Å². The van der Waals surface area contributed by atoms with E-state index in [4.69, 9.17) is 9.72 Å². The predicted molar refractivity (Wildman–Crippen MR) is 109 cm³/mol. The summed E-state index contributed by atoms with van der Waals surface area (Å²) in [5, 5.41) is 0.